The number of carbonyl (C=O) groups is 1. The van der Waals surface area contributed by atoms with Crippen molar-refractivity contribution >= 4 is 40.5 Å². The molecule has 0 aliphatic carbocycles. The van der Waals surface area contributed by atoms with E-state index in [-0.39, 0.29) is 12.5 Å². The zero-order valence-electron chi connectivity index (χ0n) is 8.08. The first-order valence-corrected chi connectivity index (χ1v) is 5.25. The van der Waals surface area contributed by atoms with Crippen LogP contribution in [0.15, 0.2) is 18.2 Å². The topological polar surface area (TPSA) is 32.3 Å². The lowest BCUT2D eigenvalue weighted by atomic mass is 10.2. The van der Waals surface area contributed by atoms with E-state index in [1.54, 1.807) is 6.07 Å². The van der Waals surface area contributed by atoms with Crippen molar-refractivity contribution in [1.29, 1.82) is 0 Å². The van der Waals surface area contributed by atoms with Crippen molar-refractivity contribution in [3.63, 3.8) is 0 Å². The first-order chi connectivity index (χ1) is 7.09. The number of thiocarbonyl (C=S) groups is 1. The molecule has 1 fully saturated rings. The minimum absolute atomic E-state index is 0.0556. The fourth-order valence-electron chi connectivity index (χ4n) is 1.40. The number of hydrogen-bond acceptors (Lipinski definition) is 2. The molecule has 1 N–H and O–H groups in total. The Bertz CT molecular complexity index is 431. The number of halogens is 1. The molecule has 0 atom stereocenters. The summed E-state index contributed by atoms with van der Waals surface area (Å²) in [7, 11) is 0. The Labute approximate surface area is 98.0 Å². The summed E-state index contributed by atoms with van der Waals surface area (Å²) in [5.41, 5.74) is 1.69. The number of aryl methyl sites for hydroxylation is 1. The number of nitrogens with one attached hydrogen (secondary N) is 1. The van der Waals surface area contributed by atoms with Gasteiger partial charge in [-0.1, -0.05) is 17.7 Å². The quantitative estimate of drug-likeness (QED) is 0.761. The largest absolute Gasteiger partial charge is 0.353 e. The predicted molar refractivity (Wildman–Crippen MR) is 64.3 cm³/mol. The molecule has 0 unspecified atom stereocenters. The van der Waals surface area contributed by atoms with E-state index in [1.165, 1.54) is 4.90 Å². The molecule has 0 aromatic heterocycles. The average Bonchev–Trinajstić information content (AvgIpc) is 2.52. The van der Waals surface area contributed by atoms with Crippen LogP contribution in [-0.4, -0.2) is 17.6 Å². The molecule has 15 heavy (non-hydrogen) atoms. The summed E-state index contributed by atoms with van der Waals surface area (Å²) in [6.07, 6.45) is 0. The van der Waals surface area contributed by atoms with Crippen molar-refractivity contribution < 1.29 is 4.79 Å². The second-order valence-corrected chi connectivity index (χ2v) is 4.12. The number of hydrogen-bond donors (Lipinski definition) is 1. The molecule has 3 nitrogen and oxygen atoms in total. The summed E-state index contributed by atoms with van der Waals surface area (Å²) < 4.78 is 0. The summed E-state index contributed by atoms with van der Waals surface area (Å²) in [6, 6.07) is 5.44. The van der Waals surface area contributed by atoms with E-state index in [1.807, 2.05) is 19.1 Å². The molecule has 1 saturated heterocycles. The number of benzene rings is 1. The molecule has 1 aromatic rings. The molecule has 1 aliphatic heterocycles. The van der Waals surface area contributed by atoms with Crippen LogP contribution in [0.2, 0.25) is 5.02 Å². The molecular weight excluding hydrogens is 232 g/mol. The number of rotatable bonds is 1. The summed E-state index contributed by atoms with van der Waals surface area (Å²) in [6.45, 7) is 2.17. The van der Waals surface area contributed by atoms with E-state index in [4.69, 9.17) is 23.8 Å². The fraction of sp³-hybridized carbons (Fsp3) is 0.200. The second-order valence-electron chi connectivity index (χ2n) is 3.32. The van der Waals surface area contributed by atoms with Crippen molar-refractivity contribution in [2.75, 3.05) is 11.4 Å². The van der Waals surface area contributed by atoms with Crippen LogP contribution in [0.4, 0.5) is 5.69 Å². The van der Waals surface area contributed by atoms with Crippen LogP contribution in [-0.2, 0) is 4.79 Å². The molecule has 0 radical (unpaired) electrons. The minimum atomic E-state index is -0.0556. The molecule has 0 spiro atoms. The molecule has 1 aromatic carbocycles. The van der Waals surface area contributed by atoms with Crippen LogP contribution in [0.3, 0.4) is 0 Å². The lowest BCUT2D eigenvalue weighted by Gasteiger charge is -2.15. The lowest BCUT2D eigenvalue weighted by Crippen LogP contribution is -2.30. The van der Waals surface area contributed by atoms with Crippen molar-refractivity contribution in [2.24, 2.45) is 0 Å². The van der Waals surface area contributed by atoms with Crippen LogP contribution < -0.4 is 10.2 Å². The molecule has 0 bridgehead atoms. The number of amides is 1. The van der Waals surface area contributed by atoms with Crippen molar-refractivity contribution in [1.82, 2.24) is 5.32 Å². The van der Waals surface area contributed by atoms with Gasteiger partial charge in [0.1, 0.15) is 0 Å². The first kappa shape index (κ1) is 10.4. The van der Waals surface area contributed by atoms with E-state index in [0.29, 0.717) is 15.8 Å². The number of nitrogens with zero attached hydrogens (tertiary/aromatic N) is 1. The van der Waals surface area contributed by atoms with Crippen molar-refractivity contribution in [3.05, 3.63) is 28.8 Å². The van der Waals surface area contributed by atoms with Gasteiger partial charge in [0.25, 0.3) is 5.91 Å². The Balaban J connectivity index is 2.41. The highest BCUT2D eigenvalue weighted by molar-refractivity contribution is 7.80. The molecule has 2 rings (SSSR count). The lowest BCUT2D eigenvalue weighted by molar-refractivity contribution is -0.115. The van der Waals surface area contributed by atoms with Gasteiger partial charge in [0, 0.05) is 5.02 Å². The van der Waals surface area contributed by atoms with E-state index in [9.17, 15) is 4.79 Å². The van der Waals surface area contributed by atoms with Crippen molar-refractivity contribution in [2.45, 2.75) is 6.92 Å². The normalized spacial score (nSPS) is 15.7. The van der Waals surface area contributed by atoms with E-state index >= 15 is 0 Å². The Hall–Kier alpha value is -1.13. The monoisotopic (exact) mass is 240 g/mol. The van der Waals surface area contributed by atoms with E-state index < -0.39 is 0 Å². The summed E-state index contributed by atoms with van der Waals surface area (Å²) in [4.78, 5) is 13.0. The molecule has 5 heteroatoms. The van der Waals surface area contributed by atoms with E-state index in [0.717, 1.165) is 5.56 Å². The maximum atomic E-state index is 11.5. The molecule has 1 aliphatic rings. The smallest absolute Gasteiger partial charge is 0.252 e. The highest BCUT2D eigenvalue weighted by atomic mass is 35.5. The van der Waals surface area contributed by atoms with Gasteiger partial charge in [0.05, 0.1) is 12.2 Å². The van der Waals surface area contributed by atoms with E-state index in [2.05, 4.69) is 5.32 Å². The van der Waals surface area contributed by atoms with Gasteiger partial charge in [-0.3, -0.25) is 9.69 Å². The van der Waals surface area contributed by atoms with Gasteiger partial charge in [-0.15, -0.1) is 0 Å². The maximum absolute atomic E-state index is 11.5. The second kappa shape index (κ2) is 3.79. The number of anilines is 1. The molecule has 1 heterocycles. The van der Waals surface area contributed by atoms with Gasteiger partial charge >= 0.3 is 0 Å². The van der Waals surface area contributed by atoms with Crippen LogP contribution in [0.25, 0.3) is 0 Å². The summed E-state index contributed by atoms with van der Waals surface area (Å²) in [5, 5.41) is 3.88. The van der Waals surface area contributed by atoms with Gasteiger partial charge in [-0.2, -0.15) is 0 Å². The van der Waals surface area contributed by atoms with Gasteiger partial charge < -0.3 is 5.32 Å². The van der Waals surface area contributed by atoms with Gasteiger partial charge in [-0.05, 0) is 36.8 Å². The SMILES string of the molecule is Cc1ccc(N2C(=O)CNC2=S)cc1Cl. The standard InChI is InChI=1S/C10H9ClN2OS/c1-6-2-3-7(4-8(6)11)13-9(14)5-12-10(13)15/h2-4H,5H2,1H3,(H,12,15). The maximum Gasteiger partial charge on any atom is 0.252 e. The average molecular weight is 241 g/mol. The minimum Gasteiger partial charge on any atom is -0.353 e. The zero-order valence-corrected chi connectivity index (χ0v) is 9.65. The molecule has 0 saturated carbocycles. The van der Waals surface area contributed by atoms with Crippen LogP contribution in [0.1, 0.15) is 5.56 Å². The van der Waals surface area contributed by atoms with Crippen LogP contribution in [0.5, 0.6) is 0 Å². The number of carbonyl (C=O) groups excluding carboxylic acids is 1. The van der Waals surface area contributed by atoms with Crippen molar-refractivity contribution in [3.8, 4) is 0 Å². The summed E-state index contributed by atoms with van der Waals surface area (Å²) >= 11 is 11.0. The Morgan fingerprint density at radius 3 is 2.80 bits per heavy atom. The van der Waals surface area contributed by atoms with Gasteiger partial charge in [0.15, 0.2) is 5.11 Å². The summed E-state index contributed by atoms with van der Waals surface area (Å²) in [5.74, 6) is -0.0556. The Kier molecular flexibility index (Phi) is 2.63. The Morgan fingerprint density at radius 2 is 2.27 bits per heavy atom. The predicted octanol–water partition coefficient (Wildman–Crippen LogP) is 1.87. The highest BCUT2D eigenvalue weighted by Gasteiger charge is 2.26. The zero-order chi connectivity index (χ0) is 11.0. The third-order valence-electron chi connectivity index (χ3n) is 2.26. The third-order valence-corrected chi connectivity index (χ3v) is 2.99. The Morgan fingerprint density at radius 1 is 1.53 bits per heavy atom. The van der Waals surface area contributed by atoms with Gasteiger partial charge in [0.2, 0.25) is 0 Å². The highest BCUT2D eigenvalue weighted by Crippen LogP contribution is 2.24. The molecular formula is C10H9ClN2OS. The third kappa shape index (κ3) is 1.82. The first-order valence-electron chi connectivity index (χ1n) is 4.46. The van der Waals surface area contributed by atoms with Crippen LogP contribution in [0, 0.1) is 6.92 Å². The van der Waals surface area contributed by atoms with Crippen LogP contribution >= 0.6 is 23.8 Å². The molecule has 1 amide bonds. The molecule has 78 valence electrons. The van der Waals surface area contributed by atoms with Gasteiger partial charge in [-0.25, -0.2) is 0 Å². The fourth-order valence-corrected chi connectivity index (χ4v) is 1.86.